The van der Waals surface area contributed by atoms with Crippen molar-refractivity contribution in [3.05, 3.63) is 29.6 Å². The van der Waals surface area contributed by atoms with Crippen molar-refractivity contribution in [2.75, 3.05) is 0 Å². The van der Waals surface area contributed by atoms with Crippen LogP contribution in [0.2, 0.25) is 0 Å². The van der Waals surface area contributed by atoms with Gasteiger partial charge in [-0.1, -0.05) is 13.0 Å². The Hall–Kier alpha value is -1.42. The fourth-order valence-electron chi connectivity index (χ4n) is 1.34. The number of carboxylic acids is 1. The molecule has 4 heteroatoms. The highest BCUT2D eigenvalue weighted by atomic mass is 16.4. The summed E-state index contributed by atoms with van der Waals surface area (Å²) in [6.07, 6.45) is 0.536. The normalized spacial score (nSPS) is 14.4. The summed E-state index contributed by atoms with van der Waals surface area (Å²) < 4.78 is 0. The van der Waals surface area contributed by atoms with Crippen molar-refractivity contribution in [2.24, 2.45) is 0 Å². The van der Waals surface area contributed by atoms with Crippen LogP contribution in [0, 0.1) is 6.92 Å². The first-order chi connectivity index (χ1) is 7.48. The van der Waals surface area contributed by atoms with Crippen LogP contribution in [-0.4, -0.2) is 21.6 Å². The standard InChI is InChI=1S/C12H18N2O2/c1-4-12(3,11(15)16)13-8-10-7-5-6-9(2)14-10/h5-7,13H,4,8H2,1-3H3,(H,15,16). The van der Waals surface area contributed by atoms with Gasteiger partial charge in [-0.15, -0.1) is 0 Å². The van der Waals surface area contributed by atoms with Gasteiger partial charge in [0, 0.05) is 12.2 Å². The number of hydrogen-bond acceptors (Lipinski definition) is 3. The number of carboxylic acid groups (broad SMARTS) is 1. The summed E-state index contributed by atoms with van der Waals surface area (Å²) >= 11 is 0. The molecule has 0 aromatic carbocycles. The third-order valence-electron chi connectivity index (χ3n) is 2.78. The van der Waals surface area contributed by atoms with E-state index < -0.39 is 11.5 Å². The highest BCUT2D eigenvalue weighted by Crippen LogP contribution is 2.10. The number of nitrogens with one attached hydrogen (secondary N) is 1. The summed E-state index contributed by atoms with van der Waals surface area (Å²) in [5.41, 5.74) is 0.916. The van der Waals surface area contributed by atoms with Gasteiger partial charge >= 0.3 is 5.97 Å². The summed E-state index contributed by atoms with van der Waals surface area (Å²) in [4.78, 5) is 15.4. The average molecular weight is 222 g/mol. The minimum absolute atomic E-state index is 0.471. The largest absolute Gasteiger partial charge is 0.480 e. The van der Waals surface area contributed by atoms with E-state index in [1.54, 1.807) is 6.92 Å². The van der Waals surface area contributed by atoms with Crippen LogP contribution in [0.1, 0.15) is 31.7 Å². The number of carbonyl (C=O) groups is 1. The van der Waals surface area contributed by atoms with Gasteiger partial charge in [0.25, 0.3) is 0 Å². The van der Waals surface area contributed by atoms with Gasteiger partial charge in [-0.3, -0.25) is 15.1 Å². The molecule has 1 aromatic rings. The minimum Gasteiger partial charge on any atom is -0.480 e. The molecule has 1 unspecified atom stereocenters. The second-order valence-electron chi connectivity index (χ2n) is 4.11. The van der Waals surface area contributed by atoms with Gasteiger partial charge < -0.3 is 5.11 Å². The van der Waals surface area contributed by atoms with E-state index in [0.717, 1.165) is 11.4 Å². The molecule has 0 bridgehead atoms. The Morgan fingerprint density at radius 3 is 2.75 bits per heavy atom. The van der Waals surface area contributed by atoms with Crippen molar-refractivity contribution in [1.29, 1.82) is 0 Å². The third kappa shape index (κ3) is 3.03. The zero-order chi connectivity index (χ0) is 12.2. The zero-order valence-electron chi connectivity index (χ0n) is 9.95. The van der Waals surface area contributed by atoms with Crippen molar-refractivity contribution >= 4 is 5.97 Å². The summed E-state index contributed by atoms with van der Waals surface area (Å²) in [5, 5.41) is 12.1. The number of aryl methyl sites for hydroxylation is 1. The lowest BCUT2D eigenvalue weighted by Gasteiger charge is -2.24. The SMILES string of the molecule is CCC(C)(NCc1cccc(C)n1)C(=O)O. The van der Waals surface area contributed by atoms with Crippen LogP contribution in [-0.2, 0) is 11.3 Å². The molecule has 1 heterocycles. The highest BCUT2D eigenvalue weighted by molar-refractivity contribution is 5.78. The lowest BCUT2D eigenvalue weighted by atomic mass is 9.99. The molecule has 88 valence electrons. The summed E-state index contributed by atoms with van der Waals surface area (Å²) in [5.74, 6) is -0.831. The van der Waals surface area contributed by atoms with Crippen LogP contribution in [0.3, 0.4) is 0 Å². The Bertz CT molecular complexity index is 379. The zero-order valence-corrected chi connectivity index (χ0v) is 9.95. The summed E-state index contributed by atoms with van der Waals surface area (Å²) in [7, 11) is 0. The van der Waals surface area contributed by atoms with Gasteiger partial charge in [-0.05, 0) is 32.4 Å². The van der Waals surface area contributed by atoms with Crippen LogP contribution in [0.4, 0.5) is 0 Å². The van der Waals surface area contributed by atoms with Crippen LogP contribution in [0.15, 0.2) is 18.2 Å². The molecular weight excluding hydrogens is 204 g/mol. The quantitative estimate of drug-likeness (QED) is 0.796. The Kier molecular flexibility index (Phi) is 4.01. The monoisotopic (exact) mass is 222 g/mol. The maximum absolute atomic E-state index is 11.1. The lowest BCUT2D eigenvalue weighted by Crippen LogP contribution is -2.48. The molecule has 0 aliphatic rings. The molecule has 0 aliphatic heterocycles. The van der Waals surface area contributed by atoms with E-state index in [1.807, 2.05) is 32.0 Å². The van der Waals surface area contributed by atoms with E-state index in [0.29, 0.717) is 13.0 Å². The molecule has 16 heavy (non-hydrogen) atoms. The van der Waals surface area contributed by atoms with Gasteiger partial charge in [0.15, 0.2) is 0 Å². The third-order valence-corrected chi connectivity index (χ3v) is 2.78. The number of pyridine rings is 1. The highest BCUT2D eigenvalue weighted by Gasteiger charge is 2.30. The molecule has 1 atom stereocenters. The Labute approximate surface area is 95.7 Å². The molecular formula is C12H18N2O2. The van der Waals surface area contributed by atoms with E-state index in [4.69, 9.17) is 5.11 Å². The van der Waals surface area contributed by atoms with Gasteiger partial charge in [-0.2, -0.15) is 0 Å². The number of rotatable bonds is 5. The van der Waals surface area contributed by atoms with Gasteiger partial charge in [-0.25, -0.2) is 0 Å². The molecule has 2 N–H and O–H groups in total. The molecule has 1 aromatic heterocycles. The molecule has 4 nitrogen and oxygen atoms in total. The van der Waals surface area contributed by atoms with Crippen molar-refractivity contribution in [1.82, 2.24) is 10.3 Å². The number of aliphatic carboxylic acids is 1. The maximum Gasteiger partial charge on any atom is 0.323 e. The molecule has 0 saturated heterocycles. The lowest BCUT2D eigenvalue weighted by molar-refractivity contribution is -0.144. The maximum atomic E-state index is 11.1. The second-order valence-corrected chi connectivity index (χ2v) is 4.11. The molecule has 0 aliphatic carbocycles. The predicted octanol–water partition coefficient (Wildman–Crippen LogP) is 1.73. The average Bonchev–Trinajstić information content (AvgIpc) is 2.26. The molecule has 0 saturated carbocycles. The van der Waals surface area contributed by atoms with Crippen LogP contribution in [0.25, 0.3) is 0 Å². The fourth-order valence-corrected chi connectivity index (χ4v) is 1.34. The first kappa shape index (κ1) is 12.6. The van der Waals surface area contributed by atoms with Gasteiger partial charge in [0.1, 0.15) is 5.54 Å². The molecule has 0 amide bonds. The van der Waals surface area contributed by atoms with E-state index in [-0.39, 0.29) is 0 Å². The van der Waals surface area contributed by atoms with E-state index in [9.17, 15) is 4.79 Å². The number of nitrogens with zero attached hydrogens (tertiary/aromatic N) is 1. The first-order valence-electron chi connectivity index (χ1n) is 5.39. The number of hydrogen-bond donors (Lipinski definition) is 2. The molecule has 0 radical (unpaired) electrons. The fraction of sp³-hybridized carbons (Fsp3) is 0.500. The molecule has 0 fully saturated rings. The van der Waals surface area contributed by atoms with Crippen molar-refractivity contribution < 1.29 is 9.90 Å². The van der Waals surface area contributed by atoms with Crippen molar-refractivity contribution in [3.8, 4) is 0 Å². The minimum atomic E-state index is -0.884. The number of aromatic nitrogens is 1. The first-order valence-corrected chi connectivity index (χ1v) is 5.39. The molecule has 0 spiro atoms. The van der Waals surface area contributed by atoms with Crippen LogP contribution < -0.4 is 5.32 Å². The van der Waals surface area contributed by atoms with E-state index in [1.165, 1.54) is 0 Å². The predicted molar refractivity (Wildman–Crippen MR) is 62.1 cm³/mol. The summed E-state index contributed by atoms with van der Waals surface area (Å²) in [6, 6.07) is 5.72. The Morgan fingerprint density at radius 2 is 2.25 bits per heavy atom. The van der Waals surface area contributed by atoms with E-state index >= 15 is 0 Å². The summed E-state index contributed by atoms with van der Waals surface area (Å²) in [6.45, 7) is 5.92. The van der Waals surface area contributed by atoms with Crippen LogP contribution >= 0.6 is 0 Å². The van der Waals surface area contributed by atoms with E-state index in [2.05, 4.69) is 10.3 Å². The smallest absolute Gasteiger partial charge is 0.323 e. The van der Waals surface area contributed by atoms with Gasteiger partial charge in [0.2, 0.25) is 0 Å². The van der Waals surface area contributed by atoms with Crippen LogP contribution in [0.5, 0.6) is 0 Å². The topological polar surface area (TPSA) is 62.2 Å². The van der Waals surface area contributed by atoms with Crippen molar-refractivity contribution in [3.63, 3.8) is 0 Å². The Morgan fingerprint density at radius 1 is 1.56 bits per heavy atom. The van der Waals surface area contributed by atoms with Crippen molar-refractivity contribution in [2.45, 2.75) is 39.3 Å². The second kappa shape index (κ2) is 5.07. The van der Waals surface area contributed by atoms with Gasteiger partial charge in [0.05, 0.1) is 5.69 Å². The molecule has 1 rings (SSSR count). The Balaban J connectivity index is 2.66.